The minimum atomic E-state index is -0.663. The maximum absolute atomic E-state index is 13.9. The van der Waals surface area contributed by atoms with E-state index < -0.39 is 6.04 Å². The summed E-state index contributed by atoms with van der Waals surface area (Å²) in [6.07, 6.45) is 2.12. The summed E-state index contributed by atoms with van der Waals surface area (Å²) in [6.45, 7) is 4.73. The number of halogens is 1. The van der Waals surface area contributed by atoms with E-state index >= 15 is 0 Å². The maximum Gasteiger partial charge on any atom is 0.333 e. The van der Waals surface area contributed by atoms with Gasteiger partial charge in [0.2, 0.25) is 0 Å². The Hall–Kier alpha value is -2.40. The number of carbonyl (C=O) groups excluding carboxylic acids is 1. The van der Waals surface area contributed by atoms with Crippen LogP contribution in [-0.2, 0) is 9.53 Å². The zero-order valence-corrected chi connectivity index (χ0v) is 15.5. The first kappa shape index (κ1) is 18.0. The van der Waals surface area contributed by atoms with Crippen LogP contribution >= 0.6 is 0 Å². The van der Waals surface area contributed by atoms with E-state index in [1.165, 1.54) is 6.07 Å². The van der Waals surface area contributed by atoms with Crippen LogP contribution in [-0.4, -0.2) is 36.6 Å². The predicted molar refractivity (Wildman–Crippen MR) is 103 cm³/mol. The lowest BCUT2D eigenvalue weighted by molar-refractivity contribution is -0.159. The van der Waals surface area contributed by atoms with Gasteiger partial charge in [0, 0.05) is 12.2 Å². The van der Waals surface area contributed by atoms with Gasteiger partial charge >= 0.3 is 5.97 Å². The molecule has 3 aliphatic rings. The van der Waals surface area contributed by atoms with Gasteiger partial charge in [-0.25, -0.2) is 9.18 Å². The van der Waals surface area contributed by atoms with Crippen molar-refractivity contribution >= 4 is 11.7 Å². The quantitative estimate of drug-likeness (QED) is 0.812. The van der Waals surface area contributed by atoms with Crippen molar-refractivity contribution in [2.24, 2.45) is 5.92 Å². The number of hydrogen-bond acceptors (Lipinski definition) is 4. The van der Waals surface area contributed by atoms with Crippen LogP contribution in [0, 0.1) is 18.7 Å². The molecule has 3 aliphatic heterocycles. The Bertz CT molecular complexity index is 803. The van der Waals surface area contributed by atoms with Crippen LogP contribution in [0.1, 0.15) is 30.0 Å². The molecular formula is C22H25FN2O2. The van der Waals surface area contributed by atoms with Crippen molar-refractivity contribution in [3.8, 4) is 0 Å². The molecule has 3 heterocycles. The molecule has 2 unspecified atom stereocenters. The average Bonchev–Trinajstić information content (AvgIpc) is 2.70. The minimum Gasteiger partial charge on any atom is -0.459 e. The summed E-state index contributed by atoms with van der Waals surface area (Å²) in [5.41, 5.74) is 1.95. The first-order chi connectivity index (χ1) is 13.1. The highest BCUT2D eigenvalue weighted by molar-refractivity contribution is 5.81. The second-order valence-corrected chi connectivity index (χ2v) is 7.57. The third-order valence-corrected chi connectivity index (χ3v) is 5.72. The van der Waals surface area contributed by atoms with Gasteiger partial charge in [-0.05, 0) is 62.0 Å². The molecule has 142 valence electrons. The first-order valence-corrected chi connectivity index (χ1v) is 9.60. The van der Waals surface area contributed by atoms with Gasteiger partial charge < -0.3 is 10.1 Å². The Balaban J connectivity index is 1.54. The van der Waals surface area contributed by atoms with Crippen LogP contribution in [0.5, 0.6) is 0 Å². The highest BCUT2D eigenvalue weighted by atomic mass is 19.1. The summed E-state index contributed by atoms with van der Waals surface area (Å²) in [5, 5.41) is 3.17. The molecule has 2 atom stereocenters. The zero-order valence-electron chi connectivity index (χ0n) is 15.5. The molecule has 4 nitrogen and oxygen atoms in total. The number of hydrogen-bond donors (Lipinski definition) is 1. The molecule has 2 bridgehead atoms. The molecule has 1 N–H and O–H groups in total. The first-order valence-electron chi connectivity index (χ1n) is 9.60. The second kappa shape index (κ2) is 7.69. The lowest BCUT2D eigenvalue weighted by Gasteiger charge is -2.44. The smallest absolute Gasteiger partial charge is 0.333 e. The number of fused-ring (bicyclic) bond motifs is 3. The highest BCUT2D eigenvalue weighted by Gasteiger charge is 2.37. The molecular weight excluding hydrogens is 343 g/mol. The van der Waals surface area contributed by atoms with Crippen LogP contribution in [0.2, 0.25) is 0 Å². The van der Waals surface area contributed by atoms with E-state index in [0.717, 1.165) is 38.0 Å². The number of esters is 1. The van der Waals surface area contributed by atoms with Crippen molar-refractivity contribution in [2.45, 2.75) is 31.9 Å². The topological polar surface area (TPSA) is 41.6 Å². The van der Waals surface area contributed by atoms with E-state index in [0.29, 0.717) is 17.2 Å². The molecule has 27 heavy (non-hydrogen) atoms. The van der Waals surface area contributed by atoms with E-state index in [9.17, 15) is 9.18 Å². The number of nitrogens with zero attached hydrogens (tertiary/aromatic N) is 1. The molecule has 0 amide bonds. The molecule has 0 saturated carbocycles. The Morgan fingerprint density at radius 1 is 1.19 bits per heavy atom. The molecule has 3 saturated heterocycles. The summed E-state index contributed by atoms with van der Waals surface area (Å²) in [7, 11) is 0. The molecule has 5 rings (SSSR count). The number of nitrogens with one attached hydrogen (secondary N) is 1. The number of benzene rings is 2. The van der Waals surface area contributed by atoms with E-state index in [-0.39, 0.29) is 17.9 Å². The molecule has 0 aliphatic carbocycles. The molecule has 0 aromatic heterocycles. The van der Waals surface area contributed by atoms with E-state index in [4.69, 9.17) is 4.74 Å². The lowest BCUT2D eigenvalue weighted by atomic mass is 9.86. The largest absolute Gasteiger partial charge is 0.459 e. The third-order valence-electron chi connectivity index (χ3n) is 5.72. The Kier molecular flexibility index (Phi) is 5.12. The van der Waals surface area contributed by atoms with Gasteiger partial charge in [-0.2, -0.15) is 0 Å². The van der Waals surface area contributed by atoms with Crippen LogP contribution in [0.25, 0.3) is 0 Å². The van der Waals surface area contributed by atoms with E-state index in [1.54, 1.807) is 19.1 Å². The SMILES string of the molecule is Cc1ccc(NC(C(=O)OC2CN3CCC2CC3)c2ccccc2)cc1F. The van der Waals surface area contributed by atoms with Gasteiger partial charge in [-0.15, -0.1) is 0 Å². The van der Waals surface area contributed by atoms with E-state index in [2.05, 4.69) is 10.2 Å². The Morgan fingerprint density at radius 2 is 1.93 bits per heavy atom. The zero-order chi connectivity index (χ0) is 18.8. The van der Waals surface area contributed by atoms with Gasteiger partial charge in [0.15, 0.2) is 6.04 Å². The van der Waals surface area contributed by atoms with E-state index in [1.807, 2.05) is 30.3 Å². The van der Waals surface area contributed by atoms with Gasteiger partial charge in [-0.1, -0.05) is 36.4 Å². The number of ether oxygens (including phenoxy) is 1. The fourth-order valence-corrected chi connectivity index (χ4v) is 4.03. The van der Waals surface area contributed by atoms with Crippen LogP contribution in [0.15, 0.2) is 48.5 Å². The van der Waals surface area contributed by atoms with Crippen molar-refractivity contribution in [1.82, 2.24) is 4.90 Å². The third kappa shape index (κ3) is 3.98. The van der Waals surface area contributed by atoms with Crippen molar-refractivity contribution in [3.05, 3.63) is 65.5 Å². The fraction of sp³-hybridized carbons (Fsp3) is 0.409. The number of anilines is 1. The molecule has 5 heteroatoms. The summed E-state index contributed by atoms with van der Waals surface area (Å²) in [5.74, 6) is -0.148. The van der Waals surface area contributed by atoms with Gasteiger partial charge in [0.25, 0.3) is 0 Å². The molecule has 3 fully saturated rings. The number of piperidine rings is 3. The van der Waals surface area contributed by atoms with Crippen LogP contribution in [0.4, 0.5) is 10.1 Å². The Labute approximate surface area is 159 Å². The number of aryl methyl sites for hydroxylation is 1. The average molecular weight is 368 g/mol. The highest BCUT2D eigenvalue weighted by Crippen LogP contribution is 2.31. The van der Waals surface area contributed by atoms with Gasteiger partial charge in [0.05, 0.1) is 0 Å². The molecule has 0 spiro atoms. The van der Waals surface area contributed by atoms with Gasteiger partial charge in [0.1, 0.15) is 11.9 Å². The van der Waals surface area contributed by atoms with Gasteiger partial charge in [-0.3, -0.25) is 4.90 Å². The number of carbonyl (C=O) groups is 1. The molecule has 0 radical (unpaired) electrons. The lowest BCUT2D eigenvalue weighted by Crippen LogP contribution is -2.52. The van der Waals surface area contributed by atoms with Crippen molar-refractivity contribution in [3.63, 3.8) is 0 Å². The Morgan fingerprint density at radius 3 is 2.56 bits per heavy atom. The summed E-state index contributed by atoms with van der Waals surface area (Å²) < 4.78 is 19.9. The molecule has 2 aromatic carbocycles. The maximum atomic E-state index is 13.9. The number of rotatable bonds is 5. The summed E-state index contributed by atoms with van der Waals surface area (Å²) in [6, 6.07) is 13.7. The summed E-state index contributed by atoms with van der Waals surface area (Å²) >= 11 is 0. The van der Waals surface area contributed by atoms with Crippen molar-refractivity contribution in [2.75, 3.05) is 25.0 Å². The predicted octanol–water partition coefficient (Wildman–Crippen LogP) is 3.92. The minimum absolute atomic E-state index is 0.0530. The van der Waals surface area contributed by atoms with Crippen molar-refractivity contribution in [1.29, 1.82) is 0 Å². The standard InChI is InChI=1S/C22H25FN2O2/c1-15-7-8-18(13-19(15)23)24-21(17-5-3-2-4-6-17)22(26)27-20-14-25-11-9-16(20)10-12-25/h2-8,13,16,20-21,24H,9-12,14H2,1H3. The van der Waals surface area contributed by atoms with Crippen LogP contribution < -0.4 is 5.32 Å². The van der Waals surface area contributed by atoms with Crippen molar-refractivity contribution < 1.29 is 13.9 Å². The summed E-state index contributed by atoms with van der Waals surface area (Å²) in [4.78, 5) is 15.4. The second-order valence-electron chi connectivity index (χ2n) is 7.57. The normalized spacial score (nSPS) is 25.0. The molecule has 2 aromatic rings. The fourth-order valence-electron chi connectivity index (χ4n) is 4.03. The van der Waals surface area contributed by atoms with Crippen LogP contribution in [0.3, 0.4) is 0 Å². The monoisotopic (exact) mass is 368 g/mol.